The molecule has 0 saturated carbocycles. The zero-order chi connectivity index (χ0) is 14.9. The van der Waals surface area contributed by atoms with E-state index >= 15 is 0 Å². The number of rotatable bonds is 5. The first-order valence-electron chi connectivity index (χ1n) is 6.95. The first kappa shape index (κ1) is 14.8. The number of hydrogen-bond donors (Lipinski definition) is 3. The number of fused-ring (bicyclic) bond motifs is 1. The Morgan fingerprint density at radius 2 is 2.05 bits per heavy atom. The summed E-state index contributed by atoms with van der Waals surface area (Å²) in [5.74, 6) is 0. The minimum atomic E-state index is -0.767. The number of hydrogen-bond acceptors (Lipinski definition) is 4. The van der Waals surface area contributed by atoms with E-state index in [2.05, 4.69) is 41.7 Å². The molecule has 0 fully saturated rings. The third-order valence-corrected chi connectivity index (χ3v) is 3.67. The number of benzene rings is 1. The van der Waals surface area contributed by atoms with Gasteiger partial charge >= 0.3 is 0 Å². The summed E-state index contributed by atoms with van der Waals surface area (Å²) in [6.07, 6.45) is 1.08. The Balaban J connectivity index is 2.49. The Bertz CT molecular complexity index is 605. The predicted octanol–water partition coefficient (Wildman–Crippen LogP) is 2.00. The largest absolute Gasteiger partial charge is 0.394 e. The number of aliphatic hydroxyl groups excluding tert-OH is 2. The molecule has 0 aliphatic heterocycles. The van der Waals surface area contributed by atoms with Gasteiger partial charge in [0, 0.05) is 12.6 Å². The van der Waals surface area contributed by atoms with Crippen molar-refractivity contribution in [3.63, 3.8) is 0 Å². The molecule has 0 amide bonds. The molecule has 1 aromatic heterocycles. The SMILES string of the molecule is Cc1cc2c(ncn2C(C)C)c(NCC(O)CO)c1C. The predicted molar refractivity (Wildman–Crippen MR) is 81.2 cm³/mol. The zero-order valence-electron chi connectivity index (χ0n) is 12.5. The van der Waals surface area contributed by atoms with Crippen molar-refractivity contribution in [3.8, 4) is 0 Å². The Morgan fingerprint density at radius 1 is 1.35 bits per heavy atom. The van der Waals surface area contributed by atoms with Crippen LogP contribution >= 0.6 is 0 Å². The number of aromatic nitrogens is 2. The van der Waals surface area contributed by atoms with Gasteiger partial charge in [0.15, 0.2) is 0 Å². The number of aliphatic hydroxyl groups is 2. The van der Waals surface area contributed by atoms with Gasteiger partial charge < -0.3 is 20.1 Å². The quantitative estimate of drug-likeness (QED) is 0.782. The lowest BCUT2D eigenvalue weighted by Gasteiger charge is -2.16. The average molecular weight is 277 g/mol. The van der Waals surface area contributed by atoms with Crippen molar-refractivity contribution < 1.29 is 10.2 Å². The second-order valence-electron chi connectivity index (χ2n) is 5.52. The fourth-order valence-electron chi connectivity index (χ4n) is 2.31. The van der Waals surface area contributed by atoms with Crippen LogP contribution in [0.3, 0.4) is 0 Å². The molecule has 110 valence electrons. The van der Waals surface area contributed by atoms with E-state index in [1.807, 2.05) is 13.3 Å². The fraction of sp³-hybridized carbons (Fsp3) is 0.533. The van der Waals surface area contributed by atoms with E-state index in [0.717, 1.165) is 22.3 Å². The van der Waals surface area contributed by atoms with Crippen LogP contribution in [0.5, 0.6) is 0 Å². The molecule has 0 spiro atoms. The number of nitrogens with one attached hydrogen (secondary N) is 1. The molecule has 20 heavy (non-hydrogen) atoms. The molecule has 1 atom stereocenters. The minimum absolute atomic E-state index is 0.249. The summed E-state index contributed by atoms with van der Waals surface area (Å²) in [6, 6.07) is 2.49. The monoisotopic (exact) mass is 277 g/mol. The fourth-order valence-corrected chi connectivity index (χ4v) is 2.31. The molecule has 0 radical (unpaired) electrons. The molecule has 0 saturated heterocycles. The summed E-state index contributed by atoms with van der Waals surface area (Å²) in [5.41, 5.74) is 5.24. The van der Waals surface area contributed by atoms with Crippen molar-refractivity contribution in [1.29, 1.82) is 0 Å². The number of imidazole rings is 1. The van der Waals surface area contributed by atoms with Crippen LogP contribution in [0.15, 0.2) is 12.4 Å². The molecule has 0 bridgehead atoms. The standard InChI is InChI=1S/C15H23N3O2/c1-9(2)18-8-17-15-13(18)5-10(3)11(4)14(15)16-6-12(20)7-19/h5,8-9,12,16,19-20H,6-7H2,1-4H3. The molecule has 1 unspecified atom stereocenters. The number of aryl methyl sites for hydroxylation is 1. The molecule has 2 aromatic rings. The zero-order valence-corrected chi connectivity index (χ0v) is 12.5. The molecular weight excluding hydrogens is 254 g/mol. The first-order valence-corrected chi connectivity index (χ1v) is 6.95. The Hall–Kier alpha value is -1.59. The van der Waals surface area contributed by atoms with Gasteiger partial charge in [-0.15, -0.1) is 0 Å². The minimum Gasteiger partial charge on any atom is -0.394 e. The van der Waals surface area contributed by atoms with Gasteiger partial charge in [-0.25, -0.2) is 4.98 Å². The lowest BCUT2D eigenvalue weighted by Crippen LogP contribution is -2.23. The molecule has 2 rings (SSSR count). The van der Waals surface area contributed by atoms with Crippen molar-refractivity contribution in [1.82, 2.24) is 9.55 Å². The van der Waals surface area contributed by atoms with Crippen LogP contribution in [0.1, 0.15) is 31.0 Å². The molecule has 3 N–H and O–H groups in total. The lowest BCUT2D eigenvalue weighted by atomic mass is 10.1. The first-order chi connectivity index (χ1) is 9.45. The lowest BCUT2D eigenvalue weighted by molar-refractivity contribution is 0.105. The van der Waals surface area contributed by atoms with E-state index < -0.39 is 6.10 Å². The summed E-state index contributed by atoms with van der Waals surface area (Å²) >= 11 is 0. The highest BCUT2D eigenvalue weighted by molar-refractivity contribution is 5.91. The maximum absolute atomic E-state index is 9.51. The third-order valence-electron chi connectivity index (χ3n) is 3.67. The van der Waals surface area contributed by atoms with Crippen LogP contribution in [0, 0.1) is 13.8 Å². The van der Waals surface area contributed by atoms with Gasteiger partial charge in [-0.2, -0.15) is 0 Å². The van der Waals surface area contributed by atoms with E-state index in [1.54, 1.807) is 0 Å². The van der Waals surface area contributed by atoms with Crippen molar-refractivity contribution in [2.24, 2.45) is 0 Å². The van der Waals surface area contributed by atoms with Crippen LogP contribution in [0.2, 0.25) is 0 Å². The van der Waals surface area contributed by atoms with Crippen LogP contribution in [0.4, 0.5) is 5.69 Å². The van der Waals surface area contributed by atoms with Gasteiger partial charge in [0.05, 0.1) is 30.2 Å². The summed E-state index contributed by atoms with van der Waals surface area (Å²) < 4.78 is 2.13. The molecule has 0 aliphatic carbocycles. The molecule has 0 aliphatic rings. The Labute approximate surface area is 119 Å². The van der Waals surface area contributed by atoms with Gasteiger partial charge in [0.1, 0.15) is 5.52 Å². The number of nitrogens with zero attached hydrogens (tertiary/aromatic N) is 2. The van der Waals surface area contributed by atoms with E-state index in [9.17, 15) is 5.11 Å². The molecular formula is C15H23N3O2. The van der Waals surface area contributed by atoms with Gasteiger partial charge in [-0.1, -0.05) is 0 Å². The Kier molecular flexibility index (Phi) is 4.30. The molecule has 5 heteroatoms. The second-order valence-corrected chi connectivity index (χ2v) is 5.52. The highest BCUT2D eigenvalue weighted by Crippen LogP contribution is 2.30. The normalized spacial score (nSPS) is 13.2. The maximum Gasteiger partial charge on any atom is 0.112 e. The summed E-state index contributed by atoms with van der Waals surface area (Å²) in [5, 5.41) is 21.6. The molecule has 5 nitrogen and oxygen atoms in total. The average Bonchev–Trinajstić information content (AvgIpc) is 2.82. The number of anilines is 1. The van der Waals surface area contributed by atoms with Gasteiger partial charge in [-0.05, 0) is 44.9 Å². The highest BCUT2D eigenvalue weighted by atomic mass is 16.3. The van der Waals surface area contributed by atoms with E-state index in [4.69, 9.17) is 5.11 Å². The second kappa shape index (κ2) is 5.81. The third kappa shape index (κ3) is 2.64. The van der Waals surface area contributed by atoms with Crippen molar-refractivity contribution in [3.05, 3.63) is 23.5 Å². The topological polar surface area (TPSA) is 70.3 Å². The van der Waals surface area contributed by atoms with E-state index in [-0.39, 0.29) is 6.61 Å². The molecule has 1 aromatic carbocycles. The van der Waals surface area contributed by atoms with Crippen LogP contribution in [-0.4, -0.2) is 39.0 Å². The van der Waals surface area contributed by atoms with Crippen LogP contribution < -0.4 is 5.32 Å². The van der Waals surface area contributed by atoms with Gasteiger partial charge in [0.25, 0.3) is 0 Å². The van der Waals surface area contributed by atoms with E-state index in [0.29, 0.717) is 12.6 Å². The van der Waals surface area contributed by atoms with Crippen molar-refractivity contribution in [2.75, 3.05) is 18.5 Å². The van der Waals surface area contributed by atoms with Crippen molar-refractivity contribution in [2.45, 2.75) is 39.8 Å². The summed E-state index contributed by atoms with van der Waals surface area (Å²) in [6.45, 7) is 8.42. The highest BCUT2D eigenvalue weighted by Gasteiger charge is 2.14. The van der Waals surface area contributed by atoms with Crippen molar-refractivity contribution >= 4 is 16.7 Å². The van der Waals surface area contributed by atoms with Crippen LogP contribution in [-0.2, 0) is 0 Å². The smallest absolute Gasteiger partial charge is 0.112 e. The summed E-state index contributed by atoms with van der Waals surface area (Å²) in [7, 11) is 0. The molecule has 1 heterocycles. The van der Waals surface area contributed by atoms with E-state index in [1.165, 1.54) is 5.56 Å². The Morgan fingerprint density at radius 3 is 2.65 bits per heavy atom. The summed E-state index contributed by atoms with van der Waals surface area (Å²) in [4.78, 5) is 4.50. The van der Waals surface area contributed by atoms with Crippen LogP contribution in [0.25, 0.3) is 11.0 Å². The van der Waals surface area contributed by atoms with Gasteiger partial charge in [-0.3, -0.25) is 0 Å². The maximum atomic E-state index is 9.51. The van der Waals surface area contributed by atoms with Gasteiger partial charge in [0.2, 0.25) is 0 Å².